The molecule has 90 valence electrons. The Hall–Kier alpha value is -1.06. The lowest BCUT2D eigenvalue weighted by Gasteiger charge is -2.21. The van der Waals surface area contributed by atoms with Crippen molar-refractivity contribution in [1.29, 1.82) is 0 Å². The van der Waals surface area contributed by atoms with E-state index in [2.05, 4.69) is 5.32 Å². The number of carboxylic acids is 1. The third kappa shape index (κ3) is 1.74. The molecular formula is C13H14ClNO2. The van der Waals surface area contributed by atoms with Gasteiger partial charge in [-0.2, -0.15) is 0 Å². The van der Waals surface area contributed by atoms with Crippen molar-refractivity contribution in [1.82, 2.24) is 5.32 Å². The molecular weight excluding hydrogens is 238 g/mol. The molecule has 1 saturated carbocycles. The summed E-state index contributed by atoms with van der Waals surface area (Å²) in [7, 11) is 0. The number of hydrogen-bond acceptors (Lipinski definition) is 2. The minimum atomic E-state index is -0.947. The van der Waals surface area contributed by atoms with Crippen molar-refractivity contribution >= 4 is 17.6 Å². The van der Waals surface area contributed by atoms with E-state index in [9.17, 15) is 4.79 Å². The molecule has 3 aliphatic rings. The van der Waals surface area contributed by atoms with Gasteiger partial charge in [-0.05, 0) is 42.6 Å². The van der Waals surface area contributed by atoms with E-state index < -0.39 is 5.97 Å². The standard InChI is InChI=1S/C13H14ClNO2/c14-10-6-12-8(5-9(10)13(16)17)7-3-1-2-4-11(7)15-12/h5-6,11-12,15H,1-4H2,(H,16,17). The van der Waals surface area contributed by atoms with Gasteiger partial charge in [0.25, 0.3) is 0 Å². The molecule has 17 heavy (non-hydrogen) atoms. The molecule has 2 unspecified atom stereocenters. The molecule has 2 aliphatic carbocycles. The van der Waals surface area contributed by atoms with Crippen LogP contribution in [0.4, 0.5) is 0 Å². The molecule has 0 aromatic rings. The zero-order valence-corrected chi connectivity index (χ0v) is 10.1. The van der Waals surface area contributed by atoms with E-state index in [4.69, 9.17) is 16.7 Å². The Morgan fingerprint density at radius 3 is 3.06 bits per heavy atom. The van der Waals surface area contributed by atoms with Crippen LogP contribution >= 0.6 is 11.6 Å². The first kappa shape index (κ1) is 11.1. The number of carboxylic acid groups (broad SMARTS) is 1. The molecule has 0 aromatic heterocycles. The second-order valence-corrected chi connectivity index (χ2v) is 5.21. The van der Waals surface area contributed by atoms with Crippen LogP contribution in [0.5, 0.6) is 0 Å². The lowest BCUT2D eigenvalue weighted by Crippen LogP contribution is -2.33. The van der Waals surface area contributed by atoms with Crippen molar-refractivity contribution in [2.45, 2.75) is 37.8 Å². The van der Waals surface area contributed by atoms with Crippen LogP contribution in [0.15, 0.2) is 33.9 Å². The van der Waals surface area contributed by atoms with Crippen LogP contribution in [0.25, 0.3) is 0 Å². The number of fused-ring (bicyclic) bond motifs is 2. The van der Waals surface area contributed by atoms with Crippen LogP contribution in [0.1, 0.15) is 25.7 Å². The third-order valence-corrected chi connectivity index (χ3v) is 4.13. The van der Waals surface area contributed by atoms with Crippen LogP contribution in [-0.4, -0.2) is 23.2 Å². The zero-order chi connectivity index (χ0) is 12.0. The second kappa shape index (κ2) is 4.00. The van der Waals surface area contributed by atoms with Gasteiger partial charge < -0.3 is 10.4 Å². The average molecular weight is 252 g/mol. The van der Waals surface area contributed by atoms with E-state index >= 15 is 0 Å². The van der Waals surface area contributed by atoms with Crippen molar-refractivity contribution in [2.75, 3.05) is 0 Å². The predicted molar refractivity (Wildman–Crippen MR) is 65.9 cm³/mol. The van der Waals surface area contributed by atoms with Crippen LogP contribution in [0.2, 0.25) is 0 Å². The smallest absolute Gasteiger partial charge is 0.337 e. The minimum Gasteiger partial charge on any atom is -0.478 e. The monoisotopic (exact) mass is 251 g/mol. The van der Waals surface area contributed by atoms with Gasteiger partial charge >= 0.3 is 5.97 Å². The highest BCUT2D eigenvalue weighted by Crippen LogP contribution is 2.38. The fraction of sp³-hybridized carbons (Fsp3) is 0.462. The molecule has 3 nitrogen and oxygen atoms in total. The molecule has 3 rings (SSSR count). The summed E-state index contributed by atoms with van der Waals surface area (Å²) in [5, 5.41) is 12.9. The maximum Gasteiger partial charge on any atom is 0.337 e. The van der Waals surface area contributed by atoms with Crippen LogP contribution < -0.4 is 5.32 Å². The first-order valence-corrected chi connectivity index (χ1v) is 6.36. The summed E-state index contributed by atoms with van der Waals surface area (Å²) in [5.74, 6) is -0.947. The number of nitrogens with one attached hydrogen (secondary N) is 1. The molecule has 1 aliphatic heterocycles. The normalized spacial score (nSPS) is 31.6. The predicted octanol–water partition coefficient (Wildman–Crippen LogP) is 2.34. The van der Waals surface area contributed by atoms with Crippen LogP contribution in [0.3, 0.4) is 0 Å². The molecule has 0 bridgehead atoms. The quantitative estimate of drug-likeness (QED) is 0.752. The maximum absolute atomic E-state index is 11.1. The first-order chi connectivity index (χ1) is 8.16. The Kier molecular flexibility index (Phi) is 2.60. The second-order valence-electron chi connectivity index (χ2n) is 4.80. The van der Waals surface area contributed by atoms with Gasteiger partial charge in [0, 0.05) is 6.04 Å². The fourth-order valence-electron chi connectivity index (χ4n) is 2.99. The zero-order valence-electron chi connectivity index (χ0n) is 9.37. The summed E-state index contributed by atoms with van der Waals surface area (Å²) in [6.07, 6.45) is 8.26. The molecule has 1 heterocycles. The van der Waals surface area contributed by atoms with Crippen molar-refractivity contribution in [3.63, 3.8) is 0 Å². The number of halogens is 1. The minimum absolute atomic E-state index is 0.115. The Bertz CT molecular complexity index is 476. The first-order valence-electron chi connectivity index (χ1n) is 5.98. The fourth-order valence-corrected chi connectivity index (χ4v) is 3.25. The summed E-state index contributed by atoms with van der Waals surface area (Å²) in [6, 6.07) is 0.539. The summed E-state index contributed by atoms with van der Waals surface area (Å²) < 4.78 is 0. The molecule has 0 radical (unpaired) electrons. The van der Waals surface area contributed by atoms with Crippen LogP contribution in [0, 0.1) is 0 Å². The van der Waals surface area contributed by atoms with E-state index in [0.29, 0.717) is 11.1 Å². The SMILES string of the molecule is O=C(O)C1=CC2=C3CCCCC3NC2C=C1Cl. The Labute approximate surface area is 105 Å². The number of hydrogen-bond donors (Lipinski definition) is 2. The summed E-state index contributed by atoms with van der Waals surface area (Å²) in [5.41, 5.74) is 2.75. The highest BCUT2D eigenvalue weighted by Gasteiger charge is 2.35. The molecule has 0 spiro atoms. The van der Waals surface area contributed by atoms with Crippen molar-refractivity contribution < 1.29 is 9.90 Å². The third-order valence-electron chi connectivity index (χ3n) is 3.80. The molecule has 2 atom stereocenters. The summed E-state index contributed by atoms with van der Waals surface area (Å²) >= 11 is 5.99. The van der Waals surface area contributed by atoms with Gasteiger partial charge in [0.15, 0.2) is 0 Å². The van der Waals surface area contributed by atoms with Gasteiger partial charge in [0.2, 0.25) is 0 Å². The van der Waals surface area contributed by atoms with Gasteiger partial charge in [-0.1, -0.05) is 18.0 Å². The Morgan fingerprint density at radius 1 is 1.47 bits per heavy atom. The van der Waals surface area contributed by atoms with E-state index in [1.165, 1.54) is 18.4 Å². The van der Waals surface area contributed by atoms with E-state index in [1.54, 1.807) is 6.08 Å². The van der Waals surface area contributed by atoms with Gasteiger partial charge in [0.05, 0.1) is 16.6 Å². The summed E-state index contributed by atoms with van der Waals surface area (Å²) in [4.78, 5) is 11.1. The van der Waals surface area contributed by atoms with Gasteiger partial charge in [-0.3, -0.25) is 0 Å². The number of carbonyl (C=O) groups is 1. The Morgan fingerprint density at radius 2 is 2.29 bits per heavy atom. The molecule has 0 aromatic carbocycles. The Balaban J connectivity index is 2.04. The average Bonchev–Trinajstić information content (AvgIpc) is 2.64. The molecule has 1 fully saturated rings. The lowest BCUT2D eigenvalue weighted by atomic mass is 9.87. The largest absolute Gasteiger partial charge is 0.478 e. The topological polar surface area (TPSA) is 49.3 Å². The molecule has 2 N–H and O–H groups in total. The van der Waals surface area contributed by atoms with Crippen molar-refractivity contribution in [3.05, 3.63) is 33.9 Å². The lowest BCUT2D eigenvalue weighted by molar-refractivity contribution is -0.132. The van der Waals surface area contributed by atoms with E-state index in [0.717, 1.165) is 18.4 Å². The van der Waals surface area contributed by atoms with Gasteiger partial charge in [-0.15, -0.1) is 0 Å². The van der Waals surface area contributed by atoms with Crippen molar-refractivity contribution in [2.24, 2.45) is 0 Å². The van der Waals surface area contributed by atoms with Crippen LogP contribution in [-0.2, 0) is 4.79 Å². The van der Waals surface area contributed by atoms with E-state index in [-0.39, 0.29) is 11.6 Å². The highest BCUT2D eigenvalue weighted by atomic mass is 35.5. The van der Waals surface area contributed by atoms with Gasteiger partial charge in [-0.25, -0.2) is 4.79 Å². The number of rotatable bonds is 1. The van der Waals surface area contributed by atoms with Gasteiger partial charge in [0.1, 0.15) is 0 Å². The highest BCUT2D eigenvalue weighted by molar-refractivity contribution is 6.35. The summed E-state index contributed by atoms with van der Waals surface area (Å²) in [6.45, 7) is 0. The van der Waals surface area contributed by atoms with Crippen molar-refractivity contribution in [3.8, 4) is 0 Å². The number of aliphatic carboxylic acids is 1. The molecule has 0 amide bonds. The van der Waals surface area contributed by atoms with E-state index in [1.807, 2.05) is 6.08 Å². The molecule has 0 saturated heterocycles. The maximum atomic E-state index is 11.1. The molecule has 4 heteroatoms.